The van der Waals surface area contributed by atoms with E-state index in [0.717, 1.165) is 24.2 Å². The number of nitrogens with zero attached hydrogens (tertiary/aromatic N) is 1. The second-order valence-corrected chi connectivity index (χ2v) is 6.16. The van der Waals surface area contributed by atoms with Crippen molar-refractivity contribution in [2.24, 2.45) is 0 Å². The van der Waals surface area contributed by atoms with Gasteiger partial charge in [0.2, 0.25) is 0 Å². The molecule has 20 heavy (non-hydrogen) atoms. The molecule has 0 bridgehead atoms. The van der Waals surface area contributed by atoms with E-state index in [2.05, 4.69) is 6.26 Å². The molecule has 1 saturated carbocycles. The Bertz CT molecular complexity index is 429. The highest BCUT2D eigenvalue weighted by atomic mass is 32.2. The smallest absolute Gasteiger partial charge is 0.254 e. The van der Waals surface area contributed by atoms with Crippen LogP contribution in [0.2, 0.25) is 0 Å². The first kappa shape index (κ1) is 15.4. The minimum absolute atomic E-state index is 0.110. The molecule has 0 radical (unpaired) electrons. The molecule has 1 aliphatic carbocycles. The third-order valence-electron chi connectivity index (χ3n) is 3.85. The monoisotopic (exact) mass is 293 g/mol. The fourth-order valence-electron chi connectivity index (χ4n) is 2.47. The van der Waals surface area contributed by atoms with Crippen LogP contribution in [0, 0.1) is 0 Å². The minimum Gasteiger partial charge on any atom is -0.396 e. The second-order valence-electron chi connectivity index (χ2n) is 5.29. The van der Waals surface area contributed by atoms with Gasteiger partial charge in [-0.3, -0.25) is 4.79 Å². The predicted molar refractivity (Wildman–Crippen MR) is 84.0 cm³/mol. The summed E-state index contributed by atoms with van der Waals surface area (Å²) in [6.45, 7) is 0.801. The van der Waals surface area contributed by atoms with Gasteiger partial charge in [0.25, 0.3) is 5.91 Å². The lowest BCUT2D eigenvalue weighted by Crippen LogP contribution is -2.44. The van der Waals surface area contributed by atoms with E-state index in [1.165, 1.54) is 12.0 Å². The van der Waals surface area contributed by atoms with Gasteiger partial charge in [-0.25, -0.2) is 0 Å². The maximum Gasteiger partial charge on any atom is 0.254 e. The summed E-state index contributed by atoms with van der Waals surface area (Å²) in [5, 5.41) is 9.00. The Balaban J connectivity index is 2.05. The van der Waals surface area contributed by atoms with Gasteiger partial charge in [0.05, 0.1) is 0 Å². The van der Waals surface area contributed by atoms with Crippen molar-refractivity contribution in [2.45, 2.75) is 37.5 Å². The lowest BCUT2D eigenvalue weighted by molar-refractivity contribution is 0.0562. The first-order valence-electron chi connectivity index (χ1n) is 7.26. The van der Waals surface area contributed by atoms with E-state index in [1.807, 2.05) is 29.2 Å². The summed E-state index contributed by atoms with van der Waals surface area (Å²) in [4.78, 5) is 14.5. The molecule has 0 spiro atoms. The zero-order valence-corrected chi connectivity index (χ0v) is 12.9. The van der Waals surface area contributed by atoms with Crippen LogP contribution < -0.4 is 0 Å². The van der Waals surface area contributed by atoms with Crippen LogP contribution in [0.25, 0.3) is 0 Å². The molecule has 0 atom stereocenters. The van der Waals surface area contributed by atoms with Crippen molar-refractivity contribution < 1.29 is 9.90 Å². The predicted octanol–water partition coefficient (Wildman–Crippen LogP) is 2.93. The highest BCUT2D eigenvalue weighted by molar-refractivity contribution is 7.97. The third kappa shape index (κ3) is 3.76. The third-order valence-corrected chi connectivity index (χ3v) is 4.47. The molecule has 110 valence electrons. The SMILES string of the molecule is CSCc1ccc(C(=O)N(CCCO)C2CCC2)cc1. The molecule has 0 aromatic heterocycles. The Morgan fingerprint density at radius 1 is 1.35 bits per heavy atom. The van der Waals surface area contributed by atoms with Gasteiger partial charge in [-0.2, -0.15) is 11.8 Å². The Morgan fingerprint density at radius 3 is 2.55 bits per heavy atom. The van der Waals surface area contributed by atoms with Crippen molar-refractivity contribution in [3.63, 3.8) is 0 Å². The largest absolute Gasteiger partial charge is 0.396 e. The Labute approximate surface area is 125 Å². The summed E-state index contributed by atoms with van der Waals surface area (Å²) in [5.74, 6) is 1.09. The van der Waals surface area contributed by atoms with Gasteiger partial charge in [-0.1, -0.05) is 12.1 Å². The maximum absolute atomic E-state index is 12.6. The van der Waals surface area contributed by atoms with Crippen LogP contribution in [0.3, 0.4) is 0 Å². The van der Waals surface area contributed by atoms with Crippen LogP contribution in [0.5, 0.6) is 0 Å². The molecule has 0 saturated heterocycles. The summed E-state index contributed by atoms with van der Waals surface area (Å²) in [6.07, 6.45) is 6.14. The van der Waals surface area contributed by atoms with Gasteiger partial charge in [0, 0.05) is 30.5 Å². The molecule has 1 amide bonds. The number of aliphatic hydroxyl groups excluding tert-OH is 1. The van der Waals surface area contributed by atoms with Gasteiger partial charge in [0.15, 0.2) is 0 Å². The highest BCUT2D eigenvalue weighted by Crippen LogP contribution is 2.26. The maximum atomic E-state index is 12.6. The summed E-state index contributed by atoms with van der Waals surface area (Å²) >= 11 is 1.78. The average Bonchev–Trinajstić information content (AvgIpc) is 2.42. The quantitative estimate of drug-likeness (QED) is 0.840. The van der Waals surface area contributed by atoms with Gasteiger partial charge in [0.1, 0.15) is 0 Å². The minimum atomic E-state index is 0.110. The normalized spacial score (nSPS) is 14.9. The van der Waals surface area contributed by atoms with Crippen LogP contribution in [0.1, 0.15) is 41.6 Å². The molecule has 4 heteroatoms. The van der Waals surface area contributed by atoms with Crippen LogP contribution in [-0.2, 0) is 5.75 Å². The van der Waals surface area contributed by atoms with Crippen molar-refractivity contribution in [1.82, 2.24) is 4.90 Å². The highest BCUT2D eigenvalue weighted by Gasteiger charge is 2.28. The lowest BCUT2D eigenvalue weighted by atomic mass is 9.90. The number of amides is 1. The van der Waals surface area contributed by atoms with Crippen molar-refractivity contribution in [2.75, 3.05) is 19.4 Å². The Kier molecular flexibility index (Phi) is 5.92. The molecule has 3 nitrogen and oxygen atoms in total. The molecule has 2 rings (SSSR count). The molecule has 1 aromatic carbocycles. The Hall–Kier alpha value is -1.00. The average molecular weight is 293 g/mol. The molecule has 1 N–H and O–H groups in total. The van der Waals surface area contributed by atoms with E-state index in [1.54, 1.807) is 11.8 Å². The Morgan fingerprint density at radius 2 is 2.05 bits per heavy atom. The first-order chi connectivity index (χ1) is 9.76. The van der Waals surface area contributed by atoms with Crippen molar-refractivity contribution in [1.29, 1.82) is 0 Å². The van der Waals surface area contributed by atoms with Crippen molar-refractivity contribution in [3.8, 4) is 0 Å². The fraction of sp³-hybridized carbons (Fsp3) is 0.562. The molecule has 0 heterocycles. The van der Waals surface area contributed by atoms with Crippen LogP contribution >= 0.6 is 11.8 Å². The van der Waals surface area contributed by atoms with Crippen molar-refractivity contribution >= 4 is 17.7 Å². The number of hydrogen-bond acceptors (Lipinski definition) is 3. The number of carbonyl (C=O) groups excluding carboxylic acids is 1. The standard InChI is InChI=1S/C16H23NO2S/c1-20-12-13-6-8-14(9-7-13)16(19)17(10-3-11-18)15-4-2-5-15/h6-9,15,18H,2-5,10-12H2,1H3. The van der Waals surface area contributed by atoms with Gasteiger partial charge in [-0.15, -0.1) is 0 Å². The zero-order valence-electron chi connectivity index (χ0n) is 12.0. The summed E-state index contributed by atoms with van der Waals surface area (Å²) < 4.78 is 0. The molecular weight excluding hydrogens is 270 g/mol. The number of benzene rings is 1. The van der Waals surface area contributed by atoms with Crippen LogP contribution in [0.4, 0.5) is 0 Å². The molecule has 1 fully saturated rings. The summed E-state index contributed by atoms with van der Waals surface area (Å²) in [6, 6.07) is 8.31. The van der Waals surface area contributed by atoms with Gasteiger partial charge < -0.3 is 10.0 Å². The number of aliphatic hydroxyl groups is 1. The molecule has 1 aromatic rings. The van der Waals surface area contributed by atoms with Gasteiger partial charge >= 0.3 is 0 Å². The number of thioether (sulfide) groups is 1. The number of rotatable bonds is 7. The van der Waals surface area contributed by atoms with Crippen molar-refractivity contribution in [3.05, 3.63) is 35.4 Å². The zero-order chi connectivity index (χ0) is 14.4. The molecule has 0 unspecified atom stereocenters. The molecule has 1 aliphatic rings. The topological polar surface area (TPSA) is 40.5 Å². The molecular formula is C16H23NO2S. The summed E-state index contributed by atoms with van der Waals surface area (Å²) in [5.41, 5.74) is 2.01. The molecule has 0 aliphatic heterocycles. The lowest BCUT2D eigenvalue weighted by Gasteiger charge is -2.37. The second kappa shape index (κ2) is 7.70. The van der Waals surface area contributed by atoms with E-state index < -0.39 is 0 Å². The van der Waals surface area contributed by atoms with E-state index in [9.17, 15) is 4.79 Å². The fourth-order valence-corrected chi connectivity index (χ4v) is 2.99. The van der Waals surface area contributed by atoms with E-state index in [0.29, 0.717) is 19.0 Å². The van der Waals surface area contributed by atoms with E-state index in [-0.39, 0.29) is 12.5 Å². The van der Waals surface area contributed by atoms with Crippen LogP contribution in [-0.4, -0.2) is 41.4 Å². The number of hydrogen-bond donors (Lipinski definition) is 1. The van der Waals surface area contributed by atoms with Gasteiger partial charge in [-0.05, 0) is 49.6 Å². The van der Waals surface area contributed by atoms with E-state index >= 15 is 0 Å². The summed E-state index contributed by atoms with van der Waals surface area (Å²) in [7, 11) is 0. The number of carbonyl (C=O) groups is 1. The van der Waals surface area contributed by atoms with E-state index in [4.69, 9.17) is 5.11 Å². The van der Waals surface area contributed by atoms with Crippen LogP contribution in [0.15, 0.2) is 24.3 Å². The first-order valence-corrected chi connectivity index (χ1v) is 8.65.